The van der Waals surface area contributed by atoms with Crippen molar-refractivity contribution in [1.29, 1.82) is 0 Å². The zero-order valence-electron chi connectivity index (χ0n) is 14.3. The zero-order valence-corrected chi connectivity index (χ0v) is 15.9. The molecule has 0 spiro atoms. The number of aryl methyl sites for hydroxylation is 1. The molecule has 0 aliphatic carbocycles. The molecule has 7 nitrogen and oxygen atoms in total. The molecule has 0 fully saturated rings. The third-order valence-corrected chi connectivity index (χ3v) is 3.96. The van der Waals surface area contributed by atoms with Crippen molar-refractivity contribution in [3.63, 3.8) is 0 Å². The van der Waals surface area contributed by atoms with Gasteiger partial charge >= 0.3 is 5.97 Å². The van der Waals surface area contributed by atoms with Gasteiger partial charge in [-0.05, 0) is 61.0 Å². The number of benzene rings is 2. The van der Waals surface area contributed by atoms with Crippen LogP contribution in [0.3, 0.4) is 0 Å². The van der Waals surface area contributed by atoms with Gasteiger partial charge in [-0.3, -0.25) is 9.89 Å². The Morgan fingerprint density at radius 2 is 1.96 bits per heavy atom. The second-order valence-electron chi connectivity index (χ2n) is 5.60. The van der Waals surface area contributed by atoms with E-state index in [4.69, 9.17) is 4.74 Å². The van der Waals surface area contributed by atoms with Gasteiger partial charge in [0.1, 0.15) is 5.75 Å². The summed E-state index contributed by atoms with van der Waals surface area (Å²) in [5, 5.41) is 10.4. The van der Waals surface area contributed by atoms with Crippen molar-refractivity contribution in [2.45, 2.75) is 6.92 Å². The van der Waals surface area contributed by atoms with Crippen LogP contribution in [0.15, 0.2) is 64.2 Å². The Labute approximate surface area is 163 Å². The number of nitrogens with zero attached hydrogens (tertiary/aromatic N) is 2. The van der Waals surface area contributed by atoms with Crippen LogP contribution in [-0.4, -0.2) is 28.3 Å². The SMILES string of the molecule is Cc1cc(C(=O)N/N=C/c2ccc(OC(=O)c3cccc(Br)c3)cc2)n[nH]1. The lowest BCUT2D eigenvalue weighted by Gasteiger charge is -2.05. The first-order valence-corrected chi connectivity index (χ1v) is 8.74. The van der Waals surface area contributed by atoms with Gasteiger partial charge in [0.15, 0.2) is 5.69 Å². The van der Waals surface area contributed by atoms with E-state index in [2.05, 4.69) is 36.7 Å². The summed E-state index contributed by atoms with van der Waals surface area (Å²) in [6.45, 7) is 1.80. The first-order chi connectivity index (χ1) is 13.0. The molecule has 1 heterocycles. The number of ether oxygens (including phenoxy) is 1. The smallest absolute Gasteiger partial charge is 0.343 e. The summed E-state index contributed by atoms with van der Waals surface area (Å²) in [4.78, 5) is 23.9. The van der Waals surface area contributed by atoms with E-state index in [1.165, 1.54) is 6.21 Å². The quantitative estimate of drug-likeness (QED) is 0.282. The number of rotatable bonds is 5. The average molecular weight is 427 g/mol. The van der Waals surface area contributed by atoms with E-state index < -0.39 is 11.9 Å². The number of hydrogen-bond acceptors (Lipinski definition) is 5. The lowest BCUT2D eigenvalue weighted by atomic mass is 10.2. The van der Waals surface area contributed by atoms with E-state index in [1.807, 2.05) is 6.07 Å². The molecule has 0 atom stereocenters. The number of H-pyrrole nitrogens is 1. The van der Waals surface area contributed by atoms with Crippen molar-refractivity contribution in [2.24, 2.45) is 5.10 Å². The van der Waals surface area contributed by atoms with E-state index in [1.54, 1.807) is 55.5 Å². The topological polar surface area (TPSA) is 96.4 Å². The third-order valence-electron chi connectivity index (χ3n) is 3.47. The molecule has 3 rings (SSSR count). The molecule has 0 unspecified atom stereocenters. The predicted octanol–water partition coefficient (Wildman–Crippen LogP) is 3.46. The number of aromatic nitrogens is 2. The number of carbonyl (C=O) groups is 2. The van der Waals surface area contributed by atoms with Crippen molar-refractivity contribution in [3.8, 4) is 5.75 Å². The maximum absolute atomic E-state index is 12.1. The Morgan fingerprint density at radius 3 is 2.63 bits per heavy atom. The normalized spacial score (nSPS) is 10.7. The predicted molar refractivity (Wildman–Crippen MR) is 104 cm³/mol. The number of hydrogen-bond donors (Lipinski definition) is 2. The summed E-state index contributed by atoms with van der Waals surface area (Å²) in [5.74, 6) is -0.442. The maximum Gasteiger partial charge on any atom is 0.343 e. The molecule has 27 heavy (non-hydrogen) atoms. The van der Waals surface area contributed by atoms with E-state index >= 15 is 0 Å². The summed E-state index contributed by atoms with van der Waals surface area (Å²) >= 11 is 3.32. The summed E-state index contributed by atoms with van der Waals surface area (Å²) in [6, 6.07) is 15.3. The highest BCUT2D eigenvalue weighted by molar-refractivity contribution is 9.10. The zero-order chi connectivity index (χ0) is 19.2. The lowest BCUT2D eigenvalue weighted by Crippen LogP contribution is -2.18. The molecule has 0 aliphatic rings. The molecule has 136 valence electrons. The van der Waals surface area contributed by atoms with Gasteiger partial charge in [-0.2, -0.15) is 10.2 Å². The molecule has 0 aliphatic heterocycles. The Bertz CT molecular complexity index is 996. The molecule has 1 aromatic heterocycles. The van der Waals surface area contributed by atoms with E-state index in [9.17, 15) is 9.59 Å². The molecule has 2 aromatic carbocycles. The fraction of sp³-hybridized carbons (Fsp3) is 0.0526. The van der Waals surface area contributed by atoms with Gasteiger partial charge < -0.3 is 4.74 Å². The van der Waals surface area contributed by atoms with Crippen LogP contribution >= 0.6 is 15.9 Å². The van der Waals surface area contributed by atoms with Gasteiger partial charge in [0.05, 0.1) is 11.8 Å². The molecule has 3 aromatic rings. The van der Waals surface area contributed by atoms with Crippen molar-refractivity contribution in [3.05, 3.63) is 81.6 Å². The van der Waals surface area contributed by atoms with Gasteiger partial charge in [0.25, 0.3) is 5.91 Å². The molecule has 0 saturated heterocycles. The number of amides is 1. The van der Waals surface area contributed by atoms with Gasteiger partial charge in [-0.25, -0.2) is 10.2 Å². The van der Waals surface area contributed by atoms with E-state index in [0.717, 1.165) is 15.7 Å². The standard InChI is InChI=1S/C19H15BrN4O3/c1-12-9-17(23-22-12)18(25)24-21-11-13-5-7-16(8-6-13)27-19(26)14-3-2-4-15(20)10-14/h2-11H,1H3,(H,22,23)(H,24,25)/b21-11+. The lowest BCUT2D eigenvalue weighted by molar-refractivity contribution is 0.0734. The molecule has 1 amide bonds. The second-order valence-corrected chi connectivity index (χ2v) is 6.52. The molecule has 8 heteroatoms. The Balaban J connectivity index is 1.57. The minimum absolute atomic E-state index is 0.263. The van der Waals surface area contributed by atoms with Crippen molar-refractivity contribution >= 4 is 34.0 Å². The van der Waals surface area contributed by atoms with Gasteiger partial charge in [-0.1, -0.05) is 22.0 Å². The van der Waals surface area contributed by atoms with Crippen LogP contribution in [0.2, 0.25) is 0 Å². The molecule has 0 bridgehead atoms. The molecule has 0 saturated carbocycles. The van der Waals surface area contributed by atoms with Crippen LogP contribution in [0.5, 0.6) is 5.75 Å². The summed E-state index contributed by atoms with van der Waals surface area (Å²) in [7, 11) is 0. The van der Waals surface area contributed by atoms with Crippen molar-refractivity contribution < 1.29 is 14.3 Å². The minimum atomic E-state index is -0.445. The fourth-order valence-electron chi connectivity index (χ4n) is 2.16. The number of nitrogens with one attached hydrogen (secondary N) is 2. The monoisotopic (exact) mass is 426 g/mol. The van der Waals surface area contributed by atoms with Crippen LogP contribution in [0.25, 0.3) is 0 Å². The van der Waals surface area contributed by atoms with Crippen molar-refractivity contribution in [2.75, 3.05) is 0 Å². The van der Waals surface area contributed by atoms with Crippen molar-refractivity contribution in [1.82, 2.24) is 15.6 Å². The minimum Gasteiger partial charge on any atom is -0.423 e. The van der Waals surface area contributed by atoms with Gasteiger partial charge in [-0.15, -0.1) is 0 Å². The highest BCUT2D eigenvalue weighted by Crippen LogP contribution is 2.16. The maximum atomic E-state index is 12.1. The number of hydrazone groups is 1. The summed E-state index contributed by atoms with van der Waals surface area (Å²) in [6.07, 6.45) is 1.48. The number of esters is 1. The van der Waals surface area contributed by atoms with Crippen LogP contribution < -0.4 is 10.2 Å². The fourth-order valence-corrected chi connectivity index (χ4v) is 2.56. The second kappa shape index (κ2) is 8.41. The van der Waals surface area contributed by atoms with E-state index in [0.29, 0.717) is 11.3 Å². The van der Waals surface area contributed by atoms with E-state index in [-0.39, 0.29) is 5.69 Å². The Hall–Kier alpha value is -3.26. The van der Waals surface area contributed by atoms with Crippen LogP contribution in [0.1, 0.15) is 32.1 Å². The van der Waals surface area contributed by atoms with Gasteiger partial charge in [0.2, 0.25) is 0 Å². The molecule has 2 N–H and O–H groups in total. The summed E-state index contributed by atoms with van der Waals surface area (Å²) in [5.41, 5.74) is 4.63. The van der Waals surface area contributed by atoms with Crippen LogP contribution in [0, 0.1) is 6.92 Å². The number of halogens is 1. The summed E-state index contributed by atoms with van der Waals surface area (Å²) < 4.78 is 6.13. The third kappa shape index (κ3) is 5.11. The Morgan fingerprint density at radius 1 is 1.19 bits per heavy atom. The first kappa shape index (κ1) is 18.5. The van der Waals surface area contributed by atoms with Crippen LogP contribution in [0.4, 0.5) is 0 Å². The average Bonchev–Trinajstić information content (AvgIpc) is 3.09. The molecular formula is C19H15BrN4O3. The molecule has 0 radical (unpaired) electrons. The van der Waals surface area contributed by atoms with Gasteiger partial charge in [0, 0.05) is 10.2 Å². The largest absolute Gasteiger partial charge is 0.423 e. The number of carbonyl (C=O) groups excluding carboxylic acids is 2. The van der Waals surface area contributed by atoms with Crippen LogP contribution in [-0.2, 0) is 0 Å². The highest BCUT2D eigenvalue weighted by Gasteiger charge is 2.09. The Kier molecular flexibility index (Phi) is 5.77. The highest BCUT2D eigenvalue weighted by atomic mass is 79.9. The molecular weight excluding hydrogens is 412 g/mol. The number of aromatic amines is 1. The first-order valence-electron chi connectivity index (χ1n) is 7.94.